The Labute approximate surface area is 305 Å². The summed E-state index contributed by atoms with van der Waals surface area (Å²) in [7, 11) is 0. The van der Waals surface area contributed by atoms with Gasteiger partial charge >= 0.3 is 0 Å². The second-order valence-electron chi connectivity index (χ2n) is 14.6. The number of rotatable bonds is 3. The molecule has 2 aromatic heterocycles. The second-order valence-corrected chi connectivity index (χ2v) is 15.7. The van der Waals surface area contributed by atoms with Crippen molar-refractivity contribution in [3.05, 3.63) is 169 Å². The first-order chi connectivity index (χ1) is 25.5. The van der Waals surface area contributed by atoms with Crippen molar-refractivity contribution in [2.24, 2.45) is 0 Å². The Bertz CT molecular complexity index is 3060. The van der Waals surface area contributed by atoms with E-state index in [9.17, 15) is 0 Å². The van der Waals surface area contributed by atoms with Gasteiger partial charge in [-0.15, -0.1) is 11.3 Å². The van der Waals surface area contributed by atoms with E-state index in [1.165, 1.54) is 75.5 Å². The van der Waals surface area contributed by atoms with Gasteiger partial charge in [0.1, 0.15) is 0 Å². The summed E-state index contributed by atoms with van der Waals surface area (Å²) >= 11 is 1.86. The van der Waals surface area contributed by atoms with Crippen molar-refractivity contribution in [2.45, 2.75) is 19.3 Å². The summed E-state index contributed by atoms with van der Waals surface area (Å²) in [5, 5.41) is 7.37. The molecule has 1 aliphatic rings. The van der Waals surface area contributed by atoms with Crippen LogP contribution in [-0.2, 0) is 5.41 Å². The molecule has 2 nitrogen and oxygen atoms in total. The van der Waals surface area contributed by atoms with E-state index in [1.807, 2.05) is 17.5 Å². The first-order valence-electron chi connectivity index (χ1n) is 17.9. The van der Waals surface area contributed by atoms with Gasteiger partial charge in [-0.2, -0.15) is 0 Å². The van der Waals surface area contributed by atoms with E-state index in [1.54, 1.807) is 0 Å². The van der Waals surface area contributed by atoms with Crippen LogP contribution in [0, 0.1) is 0 Å². The predicted octanol–water partition coefficient (Wildman–Crippen LogP) is 13.6. The number of hydrogen-bond acceptors (Lipinski definition) is 3. The third-order valence-electron chi connectivity index (χ3n) is 11.3. The van der Waals surface area contributed by atoms with E-state index in [0.717, 1.165) is 33.1 Å². The third kappa shape index (κ3) is 4.30. The van der Waals surface area contributed by atoms with Crippen LogP contribution in [0.25, 0.3) is 97.4 Å². The number of hydrogen-bond donors (Lipinski definition) is 0. The number of aromatic nitrogens is 2. The van der Waals surface area contributed by atoms with Crippen LogP contribution >= 0.6 is 11.3 Å². The van der Waals surface area contributed by atoms with E-state index in [4.69, 9.17) is 9.97 Å². The maximum atomic E-state index is 5.29. The lowest BCUT2D eigenvalue weighted by molar-refractivity contribution is 0.661. The molecule has 244 valence electrons. The van der Waals surface area contributed by atoms with Crippen molar-refractivity contribution >= 4 is 64.1 Å². The van der Waals surface area contributed by atoms with Crippen LogP contribution in [0.2, 0.25) is 0 Å². The molecule has 2 heterocycles. The maximum absolute atomic E-state index is 5.29. The van der Waals surface area contributed by atoms with Gasteiger partial charge in [0.15, 0.2) is 0 Å². The molecule has 0 unspecified atom stereocenters. The van der Waals surface area contributed by atoms with Gasteiger partial charge in [0.05, 0.1) is 22.9 Å². The molecule has 0 N–H and O–H groups in total. The minimum atomic E-state index is -0.164. The molecule has 0 radical (unpaired) electrons. The van der Waals surface area contributed by atoms with Gasteiger partial charge in [-0.25, -0.2) is 4.98 Å². The molecule has 0 aliphatic heterocycles. The fourth-order valence-corrected chi connectivity index (χ4v) is 9.69. The predicted molar refractivity (Wildman–Crippen MR) is 221 cm³/mol. The van der Waals surface area contributed by atoms with E-state index in [-0.39, 0.29) is 5.41 Å². The van der Waals surface area contributed by atoms with Crippen molar-refractivity contribution in [2.75, 3.05) is 0 Å². The molecule has 0 spiro atoms. The molecular weight excluding hydrogens is 649 g/mol. The Morgan fingerprint density at radius 2 is 0.923 bits per heavy atom. The van der Waals surface area contributed by atoms with Gasteiger partial charge < -0.3 is 0 Å². The lowest BCUT2D eigenvalue weighted by atomic mass is 9.81. The molecular formula is C49H32N2S. The van der Waals surface area contributed by atoms with E-state index >= 15 is 0 Å². The van der Waals surface area contributed by atoms with Crippen molar-refractivity contribution in [3.63, 3.8) is 0 Å². The van der Waals surface area contributed by atoms with Gasteiger partial charge in [-0.05, 0) is 85.6 Å². The highest BCUT2D eigenvalue weighted by Gasteiger charge is 2.36. The summed E-state index contributed by atoms with van der Waals surface area (Å²) in [6.45, 7) is 4.70. The summed E-state index contributed by atoms with van der Waals surface area (Å²) in [4.78, 5) is 10.3. The highest BCUT2D eigenvalue weighted by molar-refractivity contribution is 7.25. The quantitative estimate of drug-likeness (QED) is 0.174. The van der Waals surface area contributed by atoms with Crippen LogP contribution in [0.3, 0.4) is 0 Å². The standard InChI is InChI=1S/C49H32N2S/c1-49(2)42-26-32(30-17-15-29(16-18-30)31-21-24-46-41(25-31)38-11-7-8-14-45(38)52-46)19-22-36(42)37-23-20-33(27-43(37)49)44-28-50-47-39-12-5-3-9-34(39)35-10-4-6-13-40(35)48(47)51-44/h3-28H,1-2H3. The first kappa shape index (κ1) is 29.6. The Kier molecular flexibility index (Phi) is 6.21. The molecule has 0 fully saturated rings. The van der Waals surface area contributed by atoms with E-state index < -0.39 is 0 Å². The monoisotopic (exact) mass is 680 g/mol. The van der Waals surface area contributed by atoms with Crippen LogP contribution in [-0.4, -0.2) is 9.97 Å². The van der Waals surface area contributed by atoms with Crippen molar-refractivity contribution < 1.29 is 0 Å². The average Bonchev–Trinajstić information content (AvgIpc) is 3.68. The fourth-order valence-electron chi connectivity index (χ4n) is 8.60. The van der Waals surface area contributed by atoms with Crippen LogP contribution < -0.4 is 0 Å². The lowest BCUT2D eigenvalue weighted by Gasteiger charge is -2.22. The average molecular weight is 681 g/mol. The van der Waals surface area contributed by atoms with Crippen LogP contribution in [0.1, 0.15) is 25.0 Å². The third-order valence-corrected chi connectivity index (χ3v) is 12.5. The van der Waals surface area contributed by atoms with Gasteiger partial charge in [-0.1, -0.05) is 135 Å². The largest absolute Gasteiger partial charge is 0.252 e. The molecule has 8 aromatic carbocycles. The van der Waals surface area contributed by atoms with Gasteiger partial charge in [-0.3, -0.25) is 4.98 Å². The molecule has 0 amide bonds. The number of thiophene rings is 1. The maximum Gasteiger partial charge on any atom is 0.0979 e. The summed E-state index contributed by atoms with van der Waals surface area (Å²) in [6, 6.07) is 55.6. The number of nitrogens with zero attached hydrogens (tertiary/aromatic N) is 2. The topological polar surface area (TPSA) is 25.8 Å². The summed E-state index contributed by atoms with van der Waals surface area (Å²) < 4.78 is 2.68. The highest BCUT2D eigenvalue weighted by atomic mass is 32.1. The second kappa shape index (κ2) is 10.9. The van der Waals surface area contributed by atoms with Gasteiger partial charge in [0, 0.05) is 41.9 Å². The summed E-state index contributed by atoms with van der Waals surface area (Å²) in [5.74, 6) is 0. The first-order valence-corrected chi connectivity index (χ1v) is 18.7. The summed E-state index contributed by atoms with van der Waals surface area (Å²) in [5.41, 5.74) is 14.0. The van der Waals surface area contributed by atoms with Crippen LogP contribution in [0.4, 0.5) is 0 Å². The molecule has 1 aliphatic carbocycles. The number of fused-ring (bicyclic) bond motifs is 12. The molecule has 52 heavy (non-hydrogen) atoms. The van der Waals surface area contributed by atoms with Crippen LogP contribution in [0.15, 0.2) is 158 Å². The normalized spacial score (nSPS) is 13.3. The molecule has 3 heteroatoms. The van der Waals surface area contributed by atoms with Crippen LogP contribution in [0.5, 0.6) is 0 Å². The molecule has 0 bridgehead atoms. The molecule has 0 saturated carbocycles. The van der Waals surface area contributed by atoms with E-state index in [0.29, 0.717) is 0 Å². The van der Waals surface area contributed by atoms with Crippen molar-refractivity contribution in [3.8, 4) is 44.6 Å². The lowest BCUT2D eigenvalue weighted by Crippen LogP contribution is -2.15. The molecule has 10 aromatic rings. The zero-order chi connectivity index (χ0) is 34.6. The van der Waals surface area contributed by atoms with Crippen molar-refractivity contribution in [1.82, 2.24) is 9.97 Å². The smallest absolute Gasteiger partial charge is 0.0979 e. The Morgan fingerprint density at radius 1 is 0.423 bits per heavy atom. The van der Waals surface area contributed by atoms with Gasteiger partial charge in [0.25, 0.3) is 0 Å². The summed E-state index contributed by atoms with van der Waals surface area (Å²) in [6.07, 6.45) is 1.95. The molecule has 0 atom stereocenters. The molecule has 0 saturated heterocycles. The Balaban J connectivity index is 0.945. The van der Waals surface area contributed by atoms with Crippen molar-refractivity contribution in [1.29, 1.82) is 0 Å². The zero-order valence-electron chi connectivity index (χ0n) is 28.8. The highest BCUT2D eigenvalue weighted by Crippen LogP contribution is 2.51. The number of benzene rings is 8. The van der Waals surface area contributed by atoms with Gasteiger partial charge in [0.2, 0.25) is 0 Å². The minimum absolute atomic E-state index is 0.164. The Morgan fingerprint density at radius 3 is 1.62 bits per heavy atom. The Hall–Kier alpha value is -6.16. The SMILES string of the molecule is CC1(C)c2cc(-c3ccc(-c4ccc5sc6ccccc6c5c4)cc3)ccc2-c2ccc(-c3cnc4c5ccccc5c5ccccc5c4n3)cc21. The zero-order valence-corrected chi connectivity index (χ0v) is 29.6. The molecule has 11 rings (SSSR count). The van der Waals surface area contributed by atoms with E-state index in [2.05, 4.69) is 166 Å². The minimum Gasteiger partial charge on any atom is -0.252 e. The fraction of sp³-hybridized carbons (Fsp3) is 0.0612.